The Balaban J connectivity index is 2.30. The first-order chi connectivity index (χ1) is 7.46. The molecule has 1 aliphatic rings. The summed E-state index contributed by atoms with van der Waals surface area (Å²) in [6.07, 6.45) is -0.557. The van der Waals surface area contributed by atoms with Crippen LogP contribution in [-0.2, 0) is 9.84 Å². The van der Waals surface area contributed by atoms with E-state index < -0.39 is 21.2 Å². The molecule has 0 saturated heterocycles. The lowest BCUT2D eigenvalue weighted by atomic mass is 10.2. The molecule has 3 nitrogen and oxygen atoms in total. The third-order valence-electron chi connectivity index (χ3n) is 3.35. The van der Waals surface area contributed by atoms with Crippen LogP contribution in [-0.4, -0.2) is 24.9 Å². The van der Waals surface area contributed by atoms with Crippen molar-refractivity contribution in [1.82, 2.24) is 0 Å². The van der Waals surface area contributed by atoms with E-state index in [0.717, 1.165) is 0 Å². The van der Waals surface area contributed by atoms with Gasteiger partial charge < -0.3 is 5.11 Å². The van der Waals surface area contributed by atoms with Crippen LogP contribution >= 0.6 is 0 Å². The molecule has 2 rings (SSSR count). The monoisotopic (exact) mass is 240 g/mol. The Morgan fingerprint density at radius 3 is 2.25 bits per heavy atom. The highest BCUT2D eigenvalue weighted by Gasteiger charge is 2.57. The van der Waals surface area contributed by atoms with Gasteiger partial charge in [-0.2, -0.15) is 0 Å². The molecule has 0 spiro atoms. The normalized spacial score (nSPS) is 31.1. The third kappa shape index (κ3) is 1.76. The molecule has 1 N–H and O–H groups in total. The molecule has 0 aliphatic heterocycles. The first kappa shape index (κ1) is 11.6. The summed E-state index contributed by atoms with van der Waals surface area (Å²) >= 11 is 0. The zero-order chi connectivity index (χ0) is 11.9. The van der Waals surface area contributed by atoms with E-state index in [2.05, 4.69) is 0 Å². The molecular weight excluding hydrogens is 224 g/mol. The maximum Gasteiger partial charge on any atom is 0.181 e. The van der Waals surface area contributed by atoms with Gasteiger partial charge in [0.1, 0.15) is 0 Å². The lowest BCUT2D eigenvalue weighted by molar-refractivity contribution is 0.166. The van der Waals surface area contributed by atoms with Crippen molar-refractivity contribution >= 4 is 9.84 Å². The van der Waals surface area contributed by atoms with E-state index in [1.165, 1.54) is 0 Å². The topological polar surface area (TPSA) is 54.4 Å². The van der Waals surface area contributed by atoms with Crippen molar-refractivity contribution in [3.05, 3.63) is 30.3 Å². The van der Waals surface area contributed by atoms with Gasteiger partial charge >= 0.3 is 0 Å². The molecule has 0 heterocycles. The minimum absolute atomic E-state index is 0.0465. The summed E-state index contributed by atoms with van der Waals surface area (Å²) in [6, 6.07) is 8.45. The lowest BCUT2D eigenvalue weighted by Crippen LogP contribution is -2.14. The van der Waals surface area contributed by atoms with Gasteiger partial charge in [-0.1, -0.05) is 25.1 Å². The number of aliphatic hydroxyl groups is 1. The third-order valence-corrected chi connectivity index (χ3v) is 5.74. The van der Waals surface area contributed by atoms with E-state index in [1.54, 1.807) is 37.3 Å². The van der Waals surface area contributed by atoms with Gasteiger partial charge in [0.2, 0.25) is 0 Å². The molecule has 1 aliphatic carbocycles. The standard InChI is InChI=1S/C12H16O3S/c1-8-11(9(2)13)12(8)16(14,15)10-6-4-3-5-7-10/h3-9,11-13H,1-2H3/t8-,9+,11+,12+/m0/s1. The summed E-state index contributed by atoms with van der Waals surface area (Å²) in [5, 5.41) is 9.06. The molecule has 1 fully saturated rings. The predicted octanol–water partition coefficient (Wildman–Crippen LogP) is 1.48. The lowest BCUT2D eigenvalue weighted by Gasteiger charge is -2.04. The van der Waals surface area contributed by atoms with Crippen molar-refractivity contribution in [3.8, 4) is 0 Å². The Kier molecular flexibility index (Phi) is 2.80. The number of hydrogen-bond donors (Lipinski definition) is 1. The Morgan fingerprint density at radius 2 is 1.81 bits per heavy atom. The molecule has 16 heavy (non-hydrogen) atoms. The SMILES string of the molecule is C[C@H]1[C@H]([C@@H](C)O)[C@@H]1S(=O)(=O)c1ccccc1. The van der Waals surface area contributed by atoms with Crippen LogP contribution in [0.5, 0.6) is 0 Å². The number of hydrogen-bond acceptors (Lipinski definition) is 3. The number of benzene rings is 1. The van der Waals surface area contributed by atoms with Crippen LogP contribution in [0.2, 0.25) is 0 Å². The van der Waals surface area contributed by atoms with E-state index in [1.807, 2.05) is 6.92 Å². The molecule has 0 amide bonds. The molecule has 1 aromatic carbocycles. The maximum atomic E-state index is 12.2. The van der Waals surface area contributed by atoms with Crippen molar-refractivity contribution in [2.75, 3.05) is 0 Å². The highest BCUT2D eigenvalue weighted by atomic mass is 32.2. The van der Waals surface area contributed by atoms with E-state index in [0.29, 0.717) is 4.90 Å². The maximum absolute atomic E-state index is 12.2. The van der Waals surface area contributed by atoms with Gasteiger partial charge in [0.25, 0.3) is 0 Å². The summed E-state index contributed by atoms with van der Waals surface area (Å²) in [7, 11) is -3.27. The quantitative estimate of drug-likeness (QED) is 0.870. The van der Waals surface area contributed by atoms with Gasteiger partial charge in [-0.3, -0.25) is 0 Å². The van der Waals surface area contributed by atoms with Crippen LogP contribution in [0.15, 0.2) is 35.2 Å². The largest absolute Gasteiger partial charge is 0.393 e. The fraction of sp³-hybridized carbons (Fsp3) is 0.500. The molecule has 0 bridgehead atoms. The van der Waals surface area contributed by atoms with E-state index in [4.69, 9.17) is 0 Å². The smallest absolute Gasteiger partial charge is 0.181 e. The zero-order valence-corrected chi connectivity index (χ0v) is 10.2. The second-order valence-corrected chi connectivity index (χ2v) is 6.61. The van der Waals surface area contributed by atoms with Crippen LogP contribution in [0.1, 0.15) is 13.8 Å². The van der Waals surface area contributed by atoms with Gasteiger partial charge in [-0.25, -0.2) is 8.42 Å². The Morgan fingerprint density at radius 1 is 1.25 bits per heavy atom. The average molecular weight is 240 g/mol. The van der Waals surface area contributed by atoms with Crippen LogP contribution in [0.25, 0.3) is 0 Å². The molecule has 0 radical (unpaired) electrons. The number of aliphatic hydroxyl groups excluding tert-OH is 1. The molecule has 1 aromatic rings. The number of sulfone groups is 1. The van der Waals surface area contributed by atoms with Gasteiger partial charge in [-0.05, 0) is 25.0 Å². The summed E-state index contributed by atoms with van der Waals surface area (Å²) in [4.78, 5) is 0.356. The summed E-state index contributed by atoms with van der Waals surface area (Å²) < 4.78 is 24.4. The first-order valence-electron chi connectivity index (χ1n) is 5.43. The van der Waals surface area contributed by atoms with Gasteiger partial charge in [0, 0.05) is 5.92 Å². The molecule has 1 saturated carbocycles. The first-order valence-corrected chi connectivity index (χ1v) is 6.98. The summed E-state index contributed by atoms with van der Waals surface area (Å²) in [5.74, 6) is -0.0737. The van der Waals surface area contributed by atoms with E-state index in [9.17, 15) is 13.5 Å². The van der Waals surface area contributed by atoms with Crippen LogP contribution in [0, 0.1) is 11.8 Å². The fourth-order valence-electron chi connectivity index (χ4n) is 2.43. The molecular formula is C12H16O3S. The molecule has 4 atom stereocenters. The second-order valence-electron chi connectivity index (χ2n) is 4.50. The molecule has 0 aromatic heterocycles. The highest BCUT2D eigenvalue weighted by molar-refractivity contribution is 7.92. The van der Waals surface area contributed by atoms with Crippen molar-refractivity contribution in [3.63, 3.8) is 0 Å². The van der Waals surface area contributed by atoms with Gasteiger partial charge in [0.05, 0.1) is 16.2 Å². The van der Waals surface area contributed by atoms with Crippen molar-refractivity contribution in [2.24, 2.45) is 11.8 Å². The molecule has 4 heteroatoms. The summed E-state index contributed by atoms with van der Waals surface area (Å²) in [5.41, 5.74) is 0. The second kappa shape index (κ2) is 3.86. The molecule has 0 unspecified atom stereocenters. The van der Waals surface area contributed by atoms with Gasteiger partial charge in [-0.15, -0.1) is 0 Å². The Bertz CT molecular complexity index is 464. The minimum Gasteiger partial charge on any atom is -0.393 e. The predicted molar refractivity (Wildman–Crippen MR) is 61.8 cm³/mol. The minimum atomic E-state index is -3.27. The van der Waals surface area contributed by atoms with Crippen LogP contribution in [0.4, 0.5) is 0 Å². The Labute approximate surface area is 96.0 Å². The summed E-state index contributed by atoms with van der Waals surface area (Å²) in [6.45, 7) is 3.53. The van der Waals surface area contributed by atoms with Gasteiger partial charge in [0.15, 0.2) is 9.84 Å². The van der Waals surface area contributed by atoms with Crippen LogP contribution < -0.4 is 0 Å². The fourth-order valence-corrected chi connectivity index (χ4v) is 4.82. The van der Waals surface area contributed by atoms with Crippen molar-refractivity contribution < 1.29 is 13.5 Å². The highest BCUT2D eigenvalue weighted by Crippen LogP contribution is 2.48. The Hall–Kier alpha value is -0.870. The van der Waals surface area contributed by atoms with E-state index in [-0.39, 0.29) is 11.8 Å². The molecule has 88 valence electrons. The van der Waals surface area contributed by atoms with Crippen molar-refractivity contribution in [1.29, 1.82) is 0 Å². The van der Waals surface area contributed by atoms with E-state index >= 15 is 0 Å². The average Bonchev–Trinajstić information content (AvgIpc) is 2.92. The van der Waals surface area contributed by atoms with Crippen molar-refractivity contribution in [2.45, 2.75) is 30.1 Å². The number of rotatable bonds is 3. The zero-order valence-electron chi connectivity index (χ0n) is 9.37. The van der Waals surface area contributed by atoms with Crippen LogP contribution in [0.3, 0.4) is 0 Å².